The SMILES string of the molecule is Bc1cc2nc(-c3sc(Br)cc3CCCCCC)sc2s1. The van der Waals surface area contributed by atoms with Crippen LogP contribution in [0.2, 0.25) is 0 Å². The molecule has 3 rings (SSSR count). The Morgan fingerprint density at radius 2 is 2.00 bits per heavy atom. The number of hydrogen-bond acceptors (Lipinski definition) is 4. The van der Waals surface area contributed by atoms with E-state index in [0.29, 0.717) is 0 Å². The van der Waals surface area contributed by atoms with Crippen LogP contribution in [-0.2, 0) is 6.42 Å². The summed E-state index contributed by atoms with van der Waals surface area (Å²) in [6, 6.07) is 4.48. The first kappa shape index (κ1) is 15.7. The van der Waals surface area contributed by atoms with E-state index in [0.717, 1.165) is 0 Å². The van der Waals surface area contributed by atoms with E-state index < -0.39 is 0 Å². The molecular formula is C15H17BBrNS3. The Kier molecular flexibility index (Phi) is 5.20. The van der Waals surface area contributed by atoms with Gasteiger partial charge in [-0.2, -0.15) is 0 Å². The van der Waals surface area contributed by atoms with Crippen LogP contribution in [0, 0.1) is 0 Å². The minimum Gasteiger partial charge on any atom is -0.234 e. The van der Waals surface area contributed by atoms with Gasteiger partial charge in [-0.1, -0.05) is 26.2 Å². The summed E-state index contributed by atoms with van der Waals surface area (Å²) in [4.78, 5) is 6.21. The van der Waals surface area contributed by atoms with Crippen LogP contribution in [0.25, 0.3) is 19.4 Å². The van der Waals surface area contributed by atoms with Gasteiger partial charge >= 0.3 is 0 Å². The van der Waals surface area contributed by atoms with E-state index in [1.807, 2.05) is 34.0 Å². The molecule has 0 aliphatic heterocycles. The van der Waals surface area contributed by atoms with Gasteiger partial charge in [-0.15, -0.1) is 34.0 Å². The number of aryl methyl sites for hydroxylation is 1. The smallest absolute Gasteiger partial charge is 0.152 e. The summed E-state index contributed by atoms with van der Waals surface area (Å²) in [5.41, 5.74) is 2.63. The lowest BCUT2D eigenvalue weighted by Crippen LogP contribution is -1.90. The van der Waals surface area contributed by atoms with Gasteiger partial charge < -0.3 is 0 Å². The number of aromatic nitrogens is 1. The monoisotopic (exact) mass is 397 g/mol. The zero-order valence-electron chi connectivity index (χ0n) is 12.2. The van der Waals surface area contributed by atoms with E-state index in [1.165, 1.54) is 65.6 Å². The highest BCUT2D eigenvalue weighted by molar-refractivity contribution is 9.11. The molecule has 0 radical (unpaired) electrons. The Hall–Kier alpha value is -0.165. The van der Waals surface area contributed by atoms with Crippen LogP contribution in [0.3, 0.4) is 0 Å². The van der Waals surface area contributed by atoms with Gasteiger partial charge in [0.15, 0.2) is 7.85 Å². The summed E-state index contributed by atoms with van der Waals surface area (Å²) in [6.07, 6.45) is 6.41. The largest absolute Gasteiger partial charge is 0.234 e. The molecule has 0 bridgehead atoms. The Morgan fingerprint density at radius 3 is 2.76 bits per heavy atom. The summed E-state index contributed by atoms with van der Waals surface area (Å²) in [6.45, 7) is 2.26. The lowest BCUT2D eigenvalue weighted by atomic mass is 10.1. The van der Waals surface area contributed by atoms with E-state index in [1.54, 1.807) is 0 Å². The zero-order valence-corrected chi connectivity index (χ0v) is 16.3. The summed E-state index contributed by atoms with van der Waals surface area (Å²) in [5, 5.41) is 1.19. The van der Waals surface area contributed by atoms with Gasteiger partial charge in [-0.3, -0.25) is 0 Å². The molecule has 6 heteroatoms. The van der Waals surface area contributed by atoms with Crippen LogP contribution >= 0.6 is 49.9 Å². The second-order valence-corrected chi connectivity index (χ2v) is 10.2. The number of thiazole rings is 1. The van der Waals surface area contributed by atoms with Crippen LogP contribution in [0.5, 0.6) is 0 Å². The Labute approximate surface area is 147 Å². The summed E-state index contributed by atoms with van der Waals surface area (Å²) in [5.74, 6) is 0. The summed E-state index contributed by atoms with van der Waals surface area (Å²) >= 11 is 9.16. The van der Waals surface area contributed by atoms with Crippen molar-refractivity contribution < 1.29 is 0 Å². The second kappa shape index (κ2) is 6.94. The fraction of sp³-hybridized carbons (Fsp3) is 0.400. The number of hydrogen-bond donors (Lipinski definition) is 0. The van der Waals surface area contributed by atoms with Crippen LogP contribution in [0.4, 0.5) is 0 Å². The third-order valence-electron chi connectivity index (χ3n) is 3.49. The van der Waals surface area contributed by atoms with Gasteiger partial charge in [0.25, 0.3) is 0 Å². The number of fused-ring (bicyclic) bond motifs is 1. The molecule has 0 saturated carbocycles. The van der Waals surface area contributed by atoms with Crippen molar-refractivity contribution in [1.82, 2.24) is 4.98 Å². The molecule has 1 nitrogen and oxygen atoms in total. The zero-order chi connectivity index (χ0) is 14.8. The van der Waals surface area contributed by atoms with Crippen molar-refractivity contribution in [1.29, 1.82) is 0 Å². The van der Waals surface area contributed by atoms with Gasteiger partial charge in [0, 0.05) is 0 Å². The average Bonchev–Trinajstić information content (AvgIpc) is 3.07. The molecule has 0 aliphatic rings. The lowest BCUT2D eigenvalue weighted by molar-refractivity contribution is 0.668. The standard InChI is InChI=1S/C15H17BBrNS3/c1-2-3-4-5-6-9-7-12(17)20-13(9)14-18-10-8-11(16)19-15(10)21-14/h7-8H,2-6,16H2,1H3. The van der Waals surface area contributed by atoms with Crippen molar-refractivity contribution in [2.24, 2.45) is 0 Å². The number of rotatable bonds is 6. The van der Waals surface area contributed by atoms with Crippen molar-refractivity contribution in [3.05, 3.63) is 21.5 Å². The molecule has 0 saturated heterocycles. The van der Waals surface area contributed by atoms with Crippen molar-refractivity contribution in [3.63, 3.8) is 0 Å². The minimum atomic E-state index is 1.17. The quantitative estimate of drug-likeness (QED) is 0.409. The maximum Gasteiger partial charge on any atom is 0.152 e. The molecule has 0 atom stereocenters. The van der Waals surface area contributed by atoms with Crippen LogP contribution < -0.4 is 4.78 Å². The third-order valence-corrected chi connectivity index (χ3v) is 7.52. The van der Waals surface area contributed by atoms with Crippen molar-refractivity contribution in [3.8, 4) is 9.88 Å². The van der Waals surface area contributed by atoms with E-state index in [-0.39, 0.29) is 0 Å². The first-order valence-corrected chi connectivity index (χ1v) is 10.6. The van der Waals surface area contributed by atoms with Gasteiger partial charge in [-0.25, -0.2) is 4.98 Å². The van der Waals surface area contributed by atoms with Gasteiger partial charge in [0.2, 0.25) is 0 Å². The first-order valence-electron chi connectivity index (χ1n) is 7.33. The fourth-order valence-corrected chi connectivity index (χ4v) is 6.51. The normalized spacial score (nSPS) is 11.5. The molecule has 0 spiro atoms. The summed E-state index contributed by atoms with van der Waals surface area (Å²) in [7, 11) is 2.15. The van der Waals surface area contributed by atoms with Gasteiger partial charge in [-0.05, 0) is 51.2 Å². The molecule has 0 aliphatic carbocycles. The molecule has 0 amide bonds. The molecule has 0 N–H and O–H groups in total. The highest BCUT2D eigenvalue weighted by atomic mass is 79.9. The molecule has 0 unspecified atom stereocenters. The molecule has 21 heavy (non-hydrogen) atoms. The first-order chi connectivity index (χ1) is 10.2. The molecule has 110 valence electrons. The Morgan fingerprint density at radius 1 is 1.14 bits per heavy atom. The van der Waals surface area contributed by atoms with Crippen molar-refractivity contribution >= 4 is 72.1 Å². The molecule has 0 aromatic carbocycles. The van der Waals surface area contributed by atoms with Gasteiger partial charge in [0.1, 0.15) is 9.02 Å². The summed E-state index contributed by atoms with van der Waals surface area (Å²) < 4.78 is 3.92. The number of thiophene rings is 2. The maximum atomic E-state index is 4.84. The predicted octanol–water partition coefficient (Wildman–Crippen LogP) is 5.23. The highest BCUT2D eigenvalue weighted by Crippen LogP contribution is 2.40. The Balaban J connectivity index is 1.84. The average molecular weight is 398 g/mol. The fourth-order valence-electron chi connectivity index (χ4n) is 2.45. The molecule has 3 aromatic rings. The molecule has 3 aromatic heterocycles. The van der Waals surface area contributed by atoms with E-state index in [4.69, 9.17) is 4.98 Å². The number of nitrogens with zero attached hydrogens (tertiary/aromatic N) is 1. The number of unbranched alkanes of at least 4 members (excludes halogenated alkanes) is 3. The van der Waals surface area contributed by atoms with Crippen molar-refractivity contribution in [2.45, 2.75) is 39.0 Å². The highest BCUT2D eigenvalue weighted by Gasteiger charge is 2.15. The van der Waals surface area contributed by atoms with Gasteiger partial charge in [0.05, 0.1) is 14.2 Å². The Bertz CT molecular complexity index is 712. The van der Waals surface area contributed by atoms with E-state index in [9.17, 15) is 0 Å². The maximum absolute atomic E-state index is 4.84. The number of halogens is 1. The van der Waals surface area contributed by atoms with E-state index in [2.05, 4.69) is 42.8 Å². The van der Waals surface area contributed by atoms with Crippen LogP contribution in [0.1, 0.15) is 38.2 Å². The third kappa shape index (κ3) is 3.60. The van der Waals surface area contributed by atoms with E-state index >= 15 is 0 Å². The van der Waals surface area contributed by atoms with Crippen LogP contribution in [-0.4, -0.2) is 12.8 Å². The second-order valence-electron chi connectivity index (χ2n) is 5.26. The van der Waals surface area contributed by atoms with Crippen molar-refractivity contribution in [2.75, 3.05) is 0 Å². The minimum absolute atomic E-state index is 1.17. The molecule has 3 heterocycles. The molecule has 0 fully saturated rings. The van der Waals surface area contributed by atoms with Crippen LogP contribution in [0.15, 0.2) is 15.9 Å². The lowest BCUT2D eigenvalue weighted by Gasteiger charge is -2.01. The molecular weight excluding hydrogens is 381 g/mol. The predicted molar refractivity (Wildman–Crippen MR) is 105 cm³/mol. The topological polar surface area (TPSA) is 12.9 Å².